The fourth-order valence-corrected chi connectivity index (χ4v) is 1.64. The molecule has 0 aliphatic rings. The molecule has 0 bridgehead atoms. The van der Waals surface area contributed by atoms with Crippen LogP contribution in [0.15, 0.2) is 0 Å². The third-order valence-electron chi connectivity index (χ3n) is 2.07. The smallest absolute Gasteiger partial charge is 0.153 e. The summed E-state index contributed by atoms with van der Waals surface area (Å²) in [4.78, 5) is 10.6. The van der Waals surface area contributed by atoms with Crippen molar-refractivity contribution in [3.63, 3.8) is 0 Å². The summed E-state index contributed by atoms with van der Waals surface area (Å²) in [5.41, 5.74) is 1.66. The molecule has 0 aromatic heterocycles. The monoisotopic (exact) mass is 218 g/mol. The fraction of sp³-hybridized carbons (Fsp3) is 0.222. The molecule has 1 rings (SSSR count). The van der Waals surface area contributed by atoms with Gasteiger partial charge in [-0.2, -0.15) is 0 Å². The molecule has 0 amide bonds. The summed E-state index contributed by atoms with van der Waals surface area (Å²) in [6, 6.07) is 0. The summed E-state index contributed by atoms with van der Waals surface area (Å²) in [6.45, 7) is 3.46. The van der Waals surface area contributed by atoms with E-state index in [9.17, 15) is 9.90 Å². The van der Waals surface area contributed by atoms with Crippen LogP contribution in [0.3, 0.4) is 0 Å². The lowest BCUT2D eigenvalue weighted by molar-refractivity contribution is 0.112. The molecule has 13 heavy (non-hydrogen) atoms. The zero-order chi connectivity index (χ0) is 10.2. The fourth-order valence-electron chi connectivity index (χ4n) is 1.07. The summed E-state index contributed by atoms with van der Waals surface area (Å²) in [7, 11) is 0. The minimum atomic E-state index is -0.228. The Labute approximate surface area is 86.1 Å². The lowest BCUT2D eigenvalue weighted by Crippen LogP contribution is -1.93. The molecule has 0 unspecified atom stereocenters. The maximum atomic E-state index is 10.6. The lowest BCUT2D eigenvalue weighted by Gasteiger charge is -2.10. The zero-order valence-corrected chi connectivity index (χ0v) is 8.70. The first kappa shape index (κ1) is 10.4. The Morgan fingerprint density at radius 2 is 1.69 bits per heavy atom. The molecule has 70 valence electrons. The first-order valence-corrected chi connectivity index (χ1v) is 4.38. The summed E-state index contributed by atoms with van der Waals surface area (Å²) < 4.78 is 0. The second-order valence-corrected chi connectivity index (χ2v) is 3.51. The molecule has 0 aliphatic carbocycles. The summed E-state index contributed by atoms with van der Waals surface area (Å²) in [6.07, 6.45) is 0.612. The van der Waals surface area contributed by atoms with Gasteiger partial charge in [0.15, 0.2) is 12.0 Å². The molecule has 0 aliphatic heterocycles. The van der Waals surface area contributed by atoms with Crippen molar-refractivity contribution in [3.05, 3.63) is 26.7 Å². The maximum Gasteiger partial charge on any atom is 0.153 e. The van der Waals surface area contributed by atoms with E-state index >= 15 is 0 Å². The predicted octanol–water partition coefficient (Wildman–Crippen LogP) is 3.13. The highest BCUT2D eigenvalue weighted by atomic mass is 35.5. The van der Waals surface area contributed by atoms with Crippen LogP contribution in [0.1, 0.15) is 21.5 Å². The Bertz CT molecular complexity index is 343. The molecule has 0 fully saturated rings. The van der Waals surface area contributed by atoms with E-state index in [0.29, 0.717) is 23.0 Å². The van der Waals surface area contributed by atoms with E-state index < -0.39 is 0 Å². The third kappa shape index (κ3) is 1.52. The van der Waals surface area contributed by atoms with Crippen molar-refractivity contribution in [3.8, 4) is 5.75 Å². The van der Waals surface area contributed by atoms with E-state index in [1.54, 1.807) is 13.8 Å². The molecule has 0 atom stereocenters. The Morgan fingerprint density at radius 3 is 2.15 bits per heavy atom. The van der Waals surface area contributed by atoms with Gasteiger partial charge in [0.25, 0.3) is 0 Å². The maximum absolute atomic E-state index is 10.6. The highest BCUT2D eigenvalue weighted by molar-refractivity contribution is 6.39. The Morgan fingerprint density at radius 1 is 1.15 bits per heavy atom. The number of hydrogen-bond acceptors (Lipinski definition) is 2. The van der Waals surface area contributed by atoms with Crippen LogP contribution < -0.4 is 0 Å². The minimum Gasteiger partial charge on any atom is -0.505 e. The second kappa shape index (κ2) is 3.56. The van der Waals surface area contributed by atoms with Crippen molar-refractivity contribution in [1.82, 2.24) is 0 Å². The summed E-state index contributed by atoms with van der Waals surface area (Å²) in [5.74, 6) is -0.228. The number of rotatable bonds is 1. The van der Waals surface area contributed by atoms with Crippen LogP contribution in [0.5, 0.6) is 5.75 Å². The third-order valence-corrected chi connectivity index (χ3v) is 2.91. The van der Waals surface area contributed by atoms with Crippen molar-refractivity contribution in [1.29, 1.82) is 0 Å². The molecule has 1 aromatic rings. The molecule has 1 aromatic carbocycles. The summed E-state index contributed by atoms with van der Waals surface area (Å²) in [5, 5.41) is 9.62. The van der Waals surface area contributed by atoms with Gasteiger partial charge in [-0.1, -0.05) is 23.2 Å². The van der Waals surface area contributed by atoms with Crippen LogP contribution in [0.4, 0.5) is 0 Å². The average molecular weight is 219 g/mol. The minimum absolute atomic E-state index is 0.0168. The molecule has 0 radical (unpaired) electrons. The Balaban J connectivity index is 3.66. The molecule has 0 saturated heterocycles. The highest BCUT2D eigenvalue weighted by Gasteiger charge is 2.15. The molecule has 0 saturated carbocycles. The van der Waals surface area contributed by atoms with Gasteiger partial charge in [0.2, 0.25) is 0 Å². The van der Waals surface area contributed by atoms with Crippen molar-refractivity contribution in [2.45, 2.75) is 13.8 Å². The van der Waals surface area contributed by atoms with Gasteiger partial charge < -0.3 is 5.11 Å². The van der Waals surface area contributed by atoms with E-state index in [4.69, 9.17) is 23.2 Å². The van der Waals surface area contributed by atoms with E-state index in [1.807, 2.05) is 0 Å². The Kier molecular flexibility index (Phi) is 2.84. The molecule has 1 N–H and O–H groups in total. The van der Waals surface area contributed by atoms with Gasteiger partial charge in [-0.3, -0.25) is 4.79 Å². The quantitative estimate of drug-likeness (QED) is 0.736. The first-order valence-electron chi connectivity index (χ1n) is 3.63. The van der Waals surface area contributed by atoms with E-state index in [0.717, 1.165) is 0 Å². The predicted molar refractivity (Wildman–Crippen MR) is 53.0 cm³/mol. The molecule has 4 heteroatoms. The standard InChI is InChI=1S/C9H8Cl2O2/c1-4-5(2)7(10)9(13)8(11)6(4)3-12/h3,13H,1-2H3. The number of phenolic OH excluding ortho intramolecular Hbond substituents is 1. The van der Waals surface area contributed by atoms with Crippen molar-refractivity contribution >= 4 is 29.5 Å². The van der Waals surface area contributed by atoms with Gasteiger partial charge in [0, 0.05) is 5.56 Å². The largest absolute Gasteiger partial charge is 0.505 e. The Hall–Kier alpha value is -0.730. The van der Waals surface area contributed by atoms with Crippen molar-refractivity contribution in [2.24, 2.45) is 0 Å². The van der Waals surface area contributed by atoms with Crippen LogP contribution in [-0.4, -0.2) is 11.4 Å². The van der Waals surface area contributed by atoms with Crippen molar-refractivity contribution < 1.29 is 9.90 Å². The van der Waals surface area contributed by atoms with Gasteiger partial charge in [-0.15, -0.1) is 0 Å². The number of phenols is 1. The number of aldehydes is 1. The number of hydrogen-bond donors (Lipinski definition) is 1. The van der Waals surface area contributed by atoms with Gasteiger partial charge in [-0.25, -0.2) is 0 Å². The average Bonchev–Trinajstić information content (AvgIpc) is 2.13. The molecular weight excluding hydrogens is 211 g/mol. The molecule has 0 heterocycles. The topological polar surface area (TPSA) is 37.3 Å². The number of carbonyl (C=O) groups excluding carboxylic acids is 1. The number of benzene rings is 1. The van der Waals surface area contributed by atoms with E-state index in [-0.39, 0.29) is 15.8 Å². The lowest BCUT2D eigenvalue weighted by atomic mass is 10.0. The van der Waals surface area contributed by atoms with Gasteiger partial charge in [0.05, 0.1) is 10.0 Å². The normalized spacial score (nSPS) is 10.2. The van der Waals surface area contributed by atoms with Gasteiger partial charge in [0.1, 0.15) is 0 Å². The van der Waals surface area contributed by atoms with Crippen LogP contribution in [0, 0.1) is 13.8 Å². The van der Waals surface area contributed by atoms with Crippen molar-refractivity contribution in [2.75, 3.05) is 0 Å². The van der Waals surface area contributed by atoms with Gasteiger partial charge in [-0.05, 0) is 25.0 Å². The number of carbonyl (C=O) groups is 1. The second-order valence-electron chi connectivity index (χ2n) is 2.76. The van der Waals surface area contributed by atoms with E-state index in [1.165, 1.54) is 0 Å². The van der Waals surface area contributed by atoms with Crippen LogP contribution in [-0.2, 0) is 0 Å². The molecule has 0 spiro atoms. The van der Waals surface area contributed by atoms with Crippen LogP contribution >= 0.6 is 23.2 Å². The molecular formula is C9H8Cl2O2. The SMILES string of the molecule is Cc1c(C)c(C=O)c(Cl)c(O)c1Cl. The van der Waals surface area contributed by atoms with E-state index in [2.05, 4.69) is 0 Å². The highest BCUT2D eigenvalue weighted by Crippen LogP contribution is 2.38. The summed E-state index contributed by atoms with van der Waals surface area (Å²) >= 11 is 11.5. The van der Waals surface area contributed by atoms with Crippen LogP contribution in [0.2, 0.25) is 10.0 Å². The number of aromatic hydroxyl groups is 1. The van der Waals surface area contributed by atoms with Gasteiger partial charge >= 0.3 is 0 Å². The zero-order valence-electron chi connectivity index (χ0n) is 7.19. The molecule has 2 nitrogen and oxygen atoms in total. The van der Waals surface area contributed by atoms with Crippen LogP contribution in [0.25, 0.3) is 0 Å². The number of halogens is 2. The first-order chi connectivity index (χ1) is 6.00.